The van der Waals surface area contributed by atoms with Gasteiger partial charge in [-0.2, -0.15) is 0 Å². The quantitative estimate of drug-likeness (QED) is 0.831. The Bertz CT molecular complexity index is 738. The van der Waals surface area contributed by atoms with Gasteiger partial charge in [-0.05, 0) is 24.5 Å². The number of aromatic amines is 1. The van der Waals surface area contributed by atoms with Crippen molar-refractivity contribution in [1.82, 2.24) is 9.88 Å². The number of amides is 1. The van der Waals surface area contributed by atoms with Crippen molar-refractivity contribution in [2.24, 2.45) is 5.92 Å². The maximum Gasteiger partial charge on any atom is 0.270 e. The van der Waals surface area contributed by atoms with Crippen molar-refractivity contribution < 1.29 is 9.90 Å². The molecule has 1 aliphatic rings. The Morgan fingerprint density at radius 3 is 2.90 bits per heavy atom. The third kappa shape index (κ3) is 2.56. The van der Waals surface area contributed by atoms with Gasteiger partial charge in [0, 0.05) is 30.1 Å². The lowest BCUT2D eigenvalue weighted by Gasteiger charge is -2.34. The second-order valence-corrected chi connectivity index (χ2v) is 5.68. The number of hydrogen-bond donors (Lipinski definition) is 2. The number of fused-ring (bicyclic) bond motifs is 1. The number of pyridine rings is 1. The fourth-order valence-corrected chi connectivity index (χ4v) is 2.72. The van der Waals surface area contributed by atoms with Crippen molar-refractivity contribution in [3.8, 4) is 0 Å². The highest BCUT2D eigenvalue weighted by atomic mass is 16.3. The summed E-state index contributed by atoms with van der Waals surface area (Å²) in [6.07, 6.45) is 0.264. The van der Waals surface area contributed by atoms with Gasteiger partial charge in [0.25, 0.3) is 5.91 Å². The number of para-hydroxylation sites is 1. The van der Waals surface area contributed by atoms with Crippen LogP contribution in [-0.2, 0) is 0 Å². The van der Waals surface area contributed by atoms with Crippen molar-refractivity contribution in [2.75, 3.05) is 13.1 Å². The van der Waals surface area contributed by atoms with E-state index in [9.17, 15) is 14.7 Å². The number of carbonyl (C=O) groups is 1. The highest BCUT2D eigenvalue weighted by molar-refractivity contribution is 5.94. The number of benzene rings is 1. The van der Waals surface area contributed by atoms with Gasteiger partial charge in [0.2, 0.25) is 0 Å². The van der Waals surface area contributed by atoms with Crippen LogP contribution in [0.25, 0.3) is 10.9 Å². The van der Waals surface area contributed by atoms with E-state index >= 15 is 0 Å². The summed E-state index contributed by atoms with van der Waals surface area (Å²) in [6.45, 7) is 2.89. The standard InChI is InChI=1S/C16H18N2O3/c1-10-6-7-18(9-15(10)20)16(21)13-8-14(19)11-4-2-3-5-12(11)17-13/h2-5,8,10,15,20H,6-7,9H2,1H3,(H,17,19). The molecule has 2 N–H and O–H groups in total. The summed E-state index contributed by atoms with van der Waals surface area (Å²) in [5.74, 6) is -0.0338. The molecule has 0 saturated carbocycles. The van der Waals surface area contributed by atoms with Crippen molar-refractivity contribution >= 4 is 16.8 Å². The first kappa shape index (κ1) is 13.8. The lowest BCUT2D eigenvalue weighted by Crippen LogP contribution is -2.46. The highest BCUT2D eigenvalue weighted by Gasteiger charge is 2.28. The van der Waals surface area contributed by atoms with E-state index in [2.05, 4.69) is 4.98 Å². The van der Waals surface area contributed by atoms with E-state index < -0.39 is 6.10 Å². The van der Waals surface area contributed by atoms with Gasteiger partial charge >= 0.3 is 0 Å². The van der Waals surface area contributed by atoms with Crippen LogP contribution in [-0.4, -0.2) is 40.1 Å². The molecular weight excluding hydrogens is 268 g/mol. The zero-order valence-electron chi connectivity index (χ0n) is 11.9. The molecule has 1 aromatic carbocycles. The summed E-state index contributed by atoms with van der Waals surface area (Å²) in [6, 6.07) is 8.46. The van der Waals surface area contributed by atoms with E-state index in [4.69, 9.17) is 0 Å². The molecule has 2 aromatic rings. The van der Waals surface area contributed by atoms with Crippen LogP contribution in [0.5, 0.6) is 0 Å². The van der Waals surface area contributed by atoms with Gasteiger partial charge in [0.05, 0.1) is 6.10 Å². The molecule has 5 nitrogen and oxygen atoms in total. The van der Waals surface area contributed by atoms with Crippen LogP contribution in [0.3, 0.4) is 0 Å². The predicted octanol–water partition coefficient (Wildman–Crippen LogP) is 1.37. The van der Waals surface area contributed by atoms with E-state index in [1.807, 2.05) is 13.0 Å². The fraction of sp³-hybridized carbons (Fsp3) is 0.375. The molecule has 21 heavy (non-hydrogen) atoms. The number of hydrogen-bond acceptors (Lipinski definition) is 3. The van der Waals surface area contributed by atoms with Crippen molar-refractivity contribution in [3.63, 3.8) is 0 Å². The molecule has 0 aliphatic carbocycles. The molecule has 1 fully saturated rings. The number of rotatable bonds is 1. The van der Waals surface area contributed by atoms with E-state index in [0.29, 0.717) is 24.0 Å². The number of nitrogens with one attached hydrogen (secondary N) is 1. The van der Waals surface area contributed by atoms with E-state index in [1.165, 1.54) is 6.07 Å². The van der Waals surface area contributed by atoms with Crippen LogP contribution < -0.4 is 5.43 Å². The maximum atomic E-state index is 12.5. The Labute approximate surface area is 122 Å². The molecule has 5 heteroatoms. The topological polar surface area (TPSA) is 73.4 Å². The zero-order chi connectivity index (χ0) is 15.0. The molecule has 3 rings (SSSR count). The van der Waals surface area contributed by atoms with Crippen LogP contribution >= 0.6 is 0 Å². The van der Waals surface area contributed by atoms with Crippen LogP contribution in [0.2, 0.25) is 0 Å². The molecule has 2 atom stereocenters. The average Bonchev–Trinajstić information content (AvgIpc) is 2.49. The minimum atomic E-state index is -0.505. The molecule has 1 aliphatic heterocycles. The first-order chi connectivity index (χ1) is 10.1. The van der Waals surface area contributed by atoms with Gasteiger partial charge < -0.3 is 15.0 Å². The fourth-order valence-electron chi connectivity index (χ4n) is 2.72. The van der Waals surface area contributed by atoms with Crippen LogP contribution in [0.1, 0.15) is 23.8 Å². The number of H-pyrrole nitrogens is 1. The smallest absolute Gasteiger partial charge is 0.270 e. The van der Waals surface area contributed by atoms with Gasteiger partial charge in [-0.3, -0.25) is 9.59 Å². The van der Waals surface area contributed by atoms with E-state index in [0.717, 1.165) is 6.42 Å². The lowest BCUT2D eigenvalue weighted by molar-refractivity contribution is 0.0245. The van der Waals surface area contributed by atoms with E-state index in [-0.39, 0.29) is 22.9 Å². The summed E-state index contributed by atoms with van der Waals surface area (Å²) in [5, 5.41) is 10.5. The molecular formula is C16H18N2O3. The third-order valence-corrected chi connectivity index (χ3v) is 4.17. The molecule has 1 saturated heterocycles. The minimum absolute atomic E-state index is 0.168. The van der Waals surface area contributed by atoms with Crippen LogP contribution in [0, 0.1) is 5.92 Å². The third-order valence-electron chi connectivity index (χ3n) is 4.17. The summed E-state index contributed by atoms with van der Waals surface area (Å²) >= 11 is 0. The summed E-state index contributed by atoms with van der Waals surface area (Å²) in [4.78, 5) is 29.2. The number of β-amino-alcohol motifs (C(OH)–C–C–N with tert-alkyl or cyclic N) is 1. The van der Waals surface area contributed by atoms with Crippen molar-refractivity contribution in [2.45, 2.75) is 19.4 Å². The molecule has 0 spiro atoms. The molecule has 1 amide bonds. The Balaban J connectivity index is 1.93. The molecule has 0 bridgehead atoms. The first-order valence-corrected chi connectivity index (χ1v) is 7.15. The van der Waals surface area contributed by atoms with Crippen LogP contribution in [0.15, 0.2) is 35.1 Å². The van der Waals surface area contributed by atoms with Crippen molar-refractivity contribution in [3.05, 3.63) is 46.2 Å². The Morgan fingerprint density at radius 1 is 1.38 bits per heavy atom. The molecule has 1 aromatic heterocycles. The molecule has 2 unspecified atom stereocenters. The maximum absolute atomic E-state index is 12.5. The van der Waals surface area contributed by atoms with E-state index in [1.54, 1.807) is 23.1 Å². The second-order valence-electron chi connectivity index (χ2n) is 5.68. The zero-order valence-corrected chi connectivity index (χ0v) is 11.9. The Kier molecular flexibility index (Phi) is 3.51. The average molecular weight is 286 g/mol. The normalized spacial score (nSPS) is 22.5. The lowest BCUT2D eigenvalue weighted by atomic mass is 9.96. The number of nitrogens with zero attached hydrogens (tertiary/aromatic N) is 1. The molecule has 2 heterocycles. The summed E-state index contributed by atoms with van der Waals surface area (Å²) in [5.41, 5.74) is 0.762. The number of aliphatic hydroxyl groups excluding tert-OH is 1. The molecule has 0 radical (unpaired) electrons. The van der Waals surface area contributed by atoms with Crippen molar-refractivity contribution in [1.29, 1.82) is 0 Å². The number of aliphatic hydroxyl groups is 1. The number of piperidine rings is 1. The number of aromatic nitrogens is 1. The Morgan fingerprint density at radius 2 is 2.14 bits per heavy atom. The predicted molar refractivity (Wildman–Crippen MR) is 80.3 cm³/mol. The highest BCUT2D eigenvalue weighted by Crippen LogP contribution is 2.18. The first-order valence-electron chi connectivity index (χ1n) is 7.15. The van der Waals surface area contributed by atoms with Crippen LogP contribution in [0.4, 0.5) is 0 Å². The van der Waals surface area contributed by atoms with Gasteiger partial charge in [0.15, 0.2) is 5.43 Å². The largest absolute Gasteiger partial charge is 0.391 e. The van der Waals surface area contributed by atoms with Gasteiger partial charge in [-0.1, -0.05) is 19.1 Å². The monoisotopic (exact) mass is 286 g/mol. The second kappa shape index (κ2) is 5.33. The molecule has 110 valence electrons. The number of likely N-dealkylation sites (tertiary alicyclic amines) is 1. The summed E-state index contributed by atoms with van der Waals surface area (Å²) in [7, 11) is 0. The van der Waals surface area contributed by atoms with Gasteiger partial charge in [-0.25, -0.2) is 0 Å². The number of carbonyl (C=O) groups excluding carboxylic acids is 1. The van der Waals surface area contributed by atoms with Gasteiger partial charge in [-0.15, -0.1) is 0 Å². The Hall–Kier alpha value is -2.14. The van der Waals surface area contributed by atoms with Gasteiger partial charge in [0.1, 0.15) is 5.69 Å². The summed E-state index contributed by atoms with van der Waals surface area (Å²) < 4.78 is 0. The SMILES string of the molecule is CC1CCN(C(=O)c2cc(=O)c3ccccc3[nH]2)CC1O. The minimum Gasteiger partial charge on any atom is -0.391 e.